The maximum Gasteiger partial charge on any atom is 0.411 e. The van der Waals surface area contributed by atoms with Crippen LogP contribution < -0.4 is 0 Å². The number of hydrogen-bond acceptors (Lipinski definition) is 4. The third-order valence-corrected chi connectivity index (χ3v) is 2.82. The van der Waals surface area contributed by atoms with Gasteiger partial charge in [-0.05, 0) is 27.2 Å². The fourth-order valence-electron chi connectivity index (χ4n) is 2.01. The zero-order valence-corrected chi connectivity index (χ0v) is 11.4. The average molecular weight is 255 g/mol. The molecule has 1 fully saturated rings. The highest BCUT2D eigenvalue weighted by molar-refractivity contribution is 5.82. The molecule has 0 unspecified atom stereocenters. The Morgan fingerprint density at radius 1 is 1.39 bits per heavy atom. The molecule has 0 N–H and O–H groups in total. The Morgan fingerprint density at radius 2 is 2.00 bits per heavy atom. The third-order valence-electron chi connectivity index (χ3n) is 2.82. The highest BCUT2D eigenvalue weighted by atomic mass is 16.6. The lowest BCUT2D eigenvalue weighted by atomic mass is 10.0. The second kappa shape index (κ2) is 5.42. The van der Waals surface area contributed by atoms with Gasteiger partial charge in [0.05, 0.1) is 7.11 Å². The first-order chi connectivity index (χ1) is 8.30. The number of rotatable bonds is 2. The van der Waals surface area contributed by atoms with Crippen molar-refractivity contribution >= 4 is 12.1 Å². The Morgan fingerprint density at radius 3 is 2.44 bits per heavy atom. The van der Waals surface area contributed by atoms with Gasteiger partial charge in [-0.25, -0.2) is 9.59 Å². The van der Waals surface area contributed by atoms with Gasteiger partial charge in [0.2, 0.25) is 0 Å². The van der Waals surface area contributed by atoms with Gasteiger partial charge in [-0.3, -0.25) is 4.90 Å². The molecule has 1 rings (SSSR count). The molecule has 0 bridgehead atoms. The summed E-state index contributed by atoms with van der Waals surface area (Å²) >= 11 is 0. The van der Waals surface area contributed by atoms with E-state index >= 15 is 0 Å². The molecule has 0 saturated carbocycles. The average Bonchev–Trinajstić information content (AvgIpc) is 2.69. The van der Waals surface area contributed by atoms with E-state index in [0.717, 1.165) is 0 Å². The van der Waals surface area contributed by atoms with Crippen LogP contribution in [0.25, 0.3) is 0 Å². The summed E-state index contributed by atoms with van der Waals surface area (Å²) in [7, 11) is 1.31. The quantitative estimate of drug-likeness (QED) is 0.559. The first kappa shape index (κ1) is 14.5. The standard InChI is InChI=1S/C13H21NO4/c1-6-9-7-8-14(10(9)11(15)17-5)12(16)18-13(2,3)4/h6,9-10H,1,7-8H2,2-5H3/t9-,10+/m1/s1. The molecule has 2 atom stereocenters. The number of carbonyl (C=O) groups excluding carboxylic acids is 2. The summed E-state index contributed by atoms with van der Waals surface area (Å²) in [6.45, 7) is 9.54. The van der Waals surface area contributed by atoms with Crippen LogP contribution in [0.15, 0.2) is 12.7 Å². The van der Waals surface area contributed by atoms with Gasteiger partial charge in [0.15, 0.2) is 0 Å². The fourth-order valence-corrected chi connectivity index (χ4v) is 2.01. The zero-order valence-electron chi connectivity index (χ0n) is 11.4. The summed E-state index contributed by atoms with van der Waals surface area (Å²) in [6.07, 6.45) is 1.90. The minimum absolute atomic E-state index is 0.0787. The van der Waals surface area contributed by atoms with Gasteiger partial charge in [0.1, 0.15) is 11.6 Å². The molecule has 0 aromatic carbocycles. The van der Waals surface area contributed by atoms with E-state index in [1.165, 1.54) is 12.0 Å². The van der Waals surface area contributed by atoms with E-state index in [2.05, 4.69) is 6.58 Å². The van der Waals surface area contributed by atoms with Gasteiger partial charge in [-0.1, -0.05) is 6.08 Å². The Labute approximate surface area is 108 Å². The molecule has 1 saturated heterocycles. The van der Waals surface area contributed by atoms with Crippen molar-refractivity contribution in [3.05, 3.63) is 12.7 Å². The van der Waals surface area contributed by atoms with Crippen molar-refractivity contribution in [3.8, 4) is 0 Å². The smallest absolute Gasteiger partial charge is 0.411 e. The van der Waals surface area contributed by atoms with Gasteiger partial charge < -0.3 is 9.47 Å². The number of amides is 1. The number of hydrogen-bond donors (Lipinski definition) is 0. The number of ether oxygens (including phenoxy) is 2. The van der Waals surface area contributed by atoms with Crippen LogP contribution >= 0.6 is 0 Å². The molecule has 18 heavy (non-hydrogen) atoms. The molecular formula is C13H21NO4. The number of nitrogens with zero attached hydrogens (tertiary/aromatic N) is 1. The lowest BCUT2D eigenvalue weighted by Gasteiger charge is -2.28. The number of methoxy groups -OCH3 is 1. The molecule has 0 aromatic heterocycles. The van der Waals surface area contributed by atoms with Gasteiger partial charge in [-0.15, -0.1) is 6.58 Å². The molecule has 1 aliphatic rings. The summed E-state index contributed by atoms with van der Waals surface area (Å²) in [5.41, 5.74) is -0.579. The molecule has 102 valence electrons. The van der Waals surface area contributed by atoms with Gasteiger partial charge in [0.25, 0.3) is 0 Å². The van der Waals surface area contributed by atoms with Crippen LogP contribution in [-0.2, 0) is 14.3 Å². The SMILES string of the molecule is C=C[C@@H]1CCN(C(=O)OC(C)(C)C)[C@@H]1C(=O)OC. The van der Waals surface area contributed by atoms with Crippen LogP contribution in [0.3, 0.4) is 0 Å². The van der Waals surface area contributed by atoms with Gasteiger partial charge in [-0.2, -0.15) is 0 Å². The predicted molar refractivity (Wildman–Crippen MR) is 67.0 cm³/mol. The molecule has 1 aliphatic heterocycles. The van der Waals surface area contributed by atoms with E-state index in [1.54, 1.807) is 26.8 Å². The second-order valence-electron chi connectivity index (χ2n) is 5.33. The number of likely N-dealkylation sites (tertiary alicyclic amines) is 1. The zero-order chi connectivity index (χ0) is 13.9. The summed E-state index contributed by atoms with van der Waals surface area (Å²) in [6, 6.07) is -0.623. The van der Waals surface area contributed by atoms with Crippen molar-refractivity contribution in [2.75, 3.05) is 13.7 Å². The number of carbonyl (C=O) groups is 2. The normalized spacial score (nSPS) is 23.7. The molecule has 0 aromatic rings. The highest BCUT2D eigenvalue weighted by Crippen LogP contribution is 2.27. The molecule has 1 heterocycles. The maximum atomic E-state index is 12.0. The monoisotopic (exact) mass is 255 g/mol. The van der Waals surface area contributed by atoms with Crippen LogP contribution in [0.5, 0.6) is 0 Å². The van der Waals surface area contributed by atoms with Crippen LogP contribution in [-0.4, -0.2) is 42.3 Å². The minimum Gasteiger partial charge on any atom is -0.467 e. The van der Waals surface area contributed by atoms with Gasteiger partial charge >= 0.3 is 12.1 Å². The first-order valence-corrected chi connectivity index (χ1v) is 6.00. The van der Waals surface area contributed by atoms with Crippen molar-refractivity contribution in [3.63, 3.8) is 0 Å². The van der Waals surface area contributed by atoms with E-state index in [9.17, 15) is 9.59 Å². The lowest BCUT2D eigenvalue weighted by molar-refractivity contribution is -0.146. The minimum atomic E-state index is -0.623. The van der Waals surface area contributed by atoms with Gasteiger partial charge in [0, 0.05) is 12.5 Å². The third kappa shape index (κ3) is 3.24. The molecule has 5 heteroatoms. The van der Waals surface area contributed by atoms with Crippen molar-refractivity contribution in [2.24, 2.45) is 5.92 Å². The predicted octanol–water partition coefficient (Wildman–Crippen LogP) is 1.97. The molecule has 0 radical (unpaired) electrons. The van der Waals surface area contributed by atoms with Crippen LogP contribution in [0.1, 0.15) is 27.2 Å². The van der Waals surface area contributed by atoms with Crippen molar-refractivity contribution in [2.45, 2.75) is 38.8 Å². The summed E-state index contributed by atoms with van der Waals surface area (Å²) in [4.78, 5) is 25.2. The molecule has 1 amide bonds. The van der Waals surface area contributed by atoms with Crippen LogP contribution in [0, 0.1) is 5.92 Å². The lowest BCUT2D eigenvalue weighted by Crippen LogP contribution is -2.45. The fraction of sp³-hybridized carbons (Fsp3) is 0.692. The Kier molecular flexibility index (Phi) is 4.38. The molecular weight excluding hydrogens is 234 g/mol. The highest BCUT2D eigenvalue weighted by Gasteiger charge is 2.42. The molecule has 0 aliphatic carbocycles. The maximum absolute atomic E-state index is 12.0. The summed E-state index contributed by atoms with van der Waals surface area (Å²) in [5, 5.41) is 0. The summed E-state index contributed by atoms with van der Waals surface area (Å²) in [5.74, 6) is -0.506. The van der Waals surface area contributed by atoms with E-state index < -0.39 is 23.7 Å². The van der Waals surface area contributed by atoms with Crippen LogP contribution in [0.4, 0.5) is 4.79 Å². The Hall–Kier alpha value is -1.52. The molecule has 0 spiro atoms. The topological polar surface area (TPSA) is 55.8 Å². The van der Waals surface area contributed by atoms with E-state index in [-0.39, 0.29) is 5.92 Å². The largest absolute Gasteiger partial charge is 0.467 e. The summed E-state index contributed by atoms with van der Waals surface area (Å²) < 4.78 is 10.0. The van der Waals surface area contributed by atoms with E-state index in [0.29, 0.717) is 13.0 Å². The second-order valence-corrected chi connectivity index (χ2v) is 5.33. The van der Waals surface area contributed by atoms with E-state index in [4.69, 9.17) is 9.47 Å². The van der Waals surface area contributed by atoms with Crippen molar-refractivity contribution in [1.82, 2.24) is 4.90 Å². The van der Waals surface area contributed by atoms with Crippen molar-refractivity contribution < 1.29 is 19.1 Å². The van der Waals surface area contributed by atoms with E-state index in [1.807, 2.05) is 0 Å². The molecule has 5 nitrogen and oxygen atoms in total. The number of esters is 1. The Balaban J connectivity index is 2.84. The first-order valence-electron chi connectivity index (χ1n) is 6.00. The van der Waals surface area contributed by atoms with Crippen LogP contribution in [0.2, 0.25) is 0 Å². The van der Waals surface area contributed by atoms with Crippen molar-refractivity contribution in [1.29, 1.82) is 0 Å². The Bertz CT molecular complexity index is 345.